The number of nitrogens with one attached hydrogen (secondary N) is 1. The van der Waals surface area contributed by atoms with Crippen molar-refractivity contribution < 1.29 is 28.7 Å². The summed E-state index contributed by atoms with van der Waals surface area (Å²) >= 11 is 0. The second-order valence-electron chi connectivity index (χ2n) is 9.94. The minimum atomic E-state index is -4.09. The van der Waals surface area contributed by atoms with Crippen LogP contribution in [0.25, 0.3) is 10.4 Å². The van der Waals surface area contributed by atoms with Crippen LogP contribution in [-0.4, -0.2) is 133 Å². The van der Waals surface area contributed by atoms with Crippen molar-refractivity contribution in [1.82, 2.24) is 24.9 Å². The average molecular weight is 561 g/mol. The Morgan fingerprint density at radius 3 is 2.37 bits per heavy atom. The van der Waals surface area contributed by atoms with Crippen LogP contribution in [0.2, 0.25) is 0 Å². The summed E-state index contributed by atoms with van der Waals surface area (Å²) in [5.74, 6) is -0.0578. The third-order valence-corrected chi connectivity index (χ3v) is 7.73. The molecule has 3 unspecified atom stereocenters. The van der Waals surface area contributed by atoms with E-state index >= 15 is 0 Å². The molecule has 2 rings (SSSR count). The van der Waals surface area contributed by atoms with Gasteiger partial charge in [0.1, 0.15) is 6.29 Å². The Bertz CT molecular complexity index is 796. The van der Waals surface area contributed by atoms with Crippen LogP contribution < -0.4 is 5.32 Å². The molecule has 2 bridgehead atoms. The highest BCUT2D eigenvalue weighted by Crippen LogP contribution is 2.35. The smallest absolute Gasteiger partial charge is 0.339 e. The fourth-order valence-corrected chi connectivity index (χ4v) is 5.76. The van der Waals surface area contributed by atoms with Crippen molar-refractivity contribution in [3.05, 3.63) is 10.4 Å². The van der Waals surface area contributed by atoms with E-state index in [2.05, 4.69) is 30.0 Å². The molecule has 0 radical (unpaired) electrons. The first-order chi connectivity index (χ1) is 18.3. The Balaban J connectivity index is 1.84. The summed E-state index contributed by atoms with van der Waals surface area (Å²) in [6.07, 6.45) is 4.37. The molecule has 0 aromatic rings. The van der Waals surface area contributed by atoms with Crippen LogP contribution in [0.5, 0.6) is 0 Å². The van der Waals surface area contributed by atoms with Crippen LogP contribution in [0.15, 0.2) is 5.11 Å². The van der Waals surface area contributed by atoms with Gasteiger partial charge in [-0.25, -0.2) is 0 Å². The number of amides is 1. The molecule has 15 heteroatoms. The van der Waals surface area contributed by atoms with Crippen molar-refractivity contribution in [3.8, 4) is 0 Å². The minimum absolute atomic E-state index is 0.0578. The molecule has 2 heterocycles. The van der Waals surface area contributed by atoms with Crippen molar-refractivity contribution >= 4 is 20.0 Å². The summed E-state index contributed by atoms with van der Waals surface area (Å²) in [5.41, 5.74) is 8.27. The quantitative estimate of drug-likeness (QED) is 0.0694. The van der Waals surface area contributed by atoms with Gasteiger partial charge in [0.25, 0.3) is 6.47 Å². The molecule has 0 saturated carbocycles. The van der Waals surface area contributed by atoms with Crippen LogP contribution >= 0.6 is 7.60 Å². The average Bonchev–Trinajstić information content (AvgIpc) is 2.87. The number of nitrogens with zero attached hydrogens (tertiary/aromatic N) is 7. The highest BCUT2D eigenvalue weighted by Gasteiger charge is 2.24. The van der Waals surface area contributed by atoms with Gasteiger partial charge in [0.2, 0.25) is 5.91 Å². The van der Waals surface area contributed by atoms with Crippen molar-refractivity contribution in [2.45, 2.75) is 51.2 Å². The molecule has 14 nitrogen and oxygen atoms in total. The molecule has 3 atom stereocenters. The molecule has 0 aliphatic carbocycles. The molecular weight excluding hydrogens is 515 g/mol. The predicted octanol–water partition coefficient (Wildman–Crippen LogP) is 1.01. The van der Waals surface area contributed by atoms with E-state index in [0.717, 1.165) is 78.0 Å². The Morgan fingerprint density at radius 2 is 1.68 bits per heavy atom. The van der Waals surface area contributed by atoms with Crippen LogP contribution in [0, 0.1) is 0 Å². The van der Waals surface area contributed by atoms with E-state index in [1.807, 2.05) is 4.90 Å². The van der Waals surface area contributed by atoms with Gasteiger partial charge in [-0.05, 0) is 57.1 Å². The molecule has 2 aliphatic rings. The van der Waals surface area contributed by atoms with Gasteiger partial charge in [-0.3, -0.25) is 24.0 Å². The molecule has 0 aromatic carbocycles. The molecule has 2 fully saturated rings. The van der Waals surface area contributed by atoms with Gasteiger partial charge in [-0.15, -0.1) is 0 Å². The second-order valence-corrected chi connectivity index (χ2v) is 11.6. The first kappa shape index (κ1) is 32.5. The first-order valence-electron chi connectivity index (χ1n) is 13.6. The standard InChI is InChI=1S/C23H45N8O6P/c24-27-26-9-3-6-22(33)25-8-2-1-7-23(37-21-32)31-13-5-11-28-14-15-29(18-19-31)10-4-12-30(17-16-28)20-38(34,35)36/h21,23H,1-20H2,(H,25,33)(H2,34,35,36). The van der Waals surface area contributed by atoms with E-state index < -0.39 is 7.60 Å². The highest BCUT2D eigenvalue weighted by molar-refractivity contribution is 7.51. The van der Waals surface area contributed by atoms with E-state index in [4.69, 9.17) is 10.3 Å². The number of unbranched alkanes of at least 4 members (excludes halogenated alkanes) is 1. The Morgan fingerprint density at radius 1 is 1.00 bits per heavy atom. The maximum atomic E-state index is 11.9. The molecule has 2 saturated heterocycles. The fourth-order valence-electron chi connectivity index (χ4n) is 4.95. The van der Waals surface area contributed by atoms with Gasteiger partial charge in [0, 0.05) is 76.8 Å². The van der Waals surface area contributed by atoms with Gasteiger partial charge in [0.15, 0.2) is 6.23 Å². The molecule has 3 N–H and O–H groups in total. The zero-order chi connectivity index (χ0) is 27.6. The minimum Gasteiger partial charge on any atom is -0.449 e. The Labute approximate surface area is 225 Å². The van der Waals surface area contributed by atoms with Crippen LogP contribution in [0.3, 0.4) is 0 Å². The van der Waals surface area contributed by atoms with Crippen molar-refractivity contribution in [2.75, 3.05) is 84.8 Å². The second kappa shape index (κ2) is 18.5. The molecule has 0 spiro atoms. The lowest BCUT2D eigenvalue weighted by molar-refractivity contribution is -0.144. The fraction of sp³-hybridized carbons (Fsp3) is 0.913. The molecule has 1 amide bonds. The van der Waals surface area contributed by atoms with Crippen molar-refractivity contribution in [2.24, 2.45) is 5.11 Å². The van der Waals surface area contributed by atoms with E-state index in [0.29, 0.717) is 51.9 Å². The Kier molecular flexibility index (Phi) is 15.8. The lowest BCUT2D eigenvalue weighted by Crippen LogP contribution is -2.49. The maximum absolute atomic E-state index is 11.9. The topological polar surface area (TPSA) is 175 Å². The molecule has 38 heavy (non-hydrogen) atoms. The summed E-state index contributed by atoms with van der Waals surface area (Å²) in [4.78, 5) is 53.6. The molecule has 0 aromatic heterocycles. The first-order valence-corrected chi connectivity index (χ1v) is 15.4. The number of fused-ring (bicyclic) bond motifs is 3. The van der Waals surface area contributed by atoms with Gasteiger partial charge in [-0.2, -0.15) is 0 Å². The summed E-state index contributed by atoms with van der Waals surface area (Å²) < 4.78 is 17.0. The third-order valence-electron chi connectivity index (χ3n) is 6.97. The molecular formula is C23H45N8O6P. The summed E-state index contributed by atoms with van der Waals surface area (Å²) in [6, 6.07) is 0. The number of hydrogen-bond acceptors (Lipinski definition) is 9. The third kappa shape index (κ3) is 14.4. The van der Waals surface area contributed by atoms with E-state index in [9.17, 15) is 23.9 Å². The normalized spacial score (nSPS) is 23.1. The van der Waals surface area contributed by atoms with Gasteiger partial charge < -0.3 is 29.6 Å². The summed E-state index contributed by atoms with van der Waals surface area (Å²) in [7, 11) is -4.09. The maximum Gasteiger partial charge on any atom is 0.339 e. The van der Waals surface area contributed by atoms with Gasteiger partial charge in [0.05, 0.1) is 0 Å². The van der Waals surface area contributed by atoms with E-state index in [1.54, 1.807) is 0 Å². The number of azide groups is 1. The van der Waals surface area contributed by atoms with Crippen LogP contribution in [0.4, 0.5) is 0 Å². The largest absolute Gasteiger partial charge is 0.449 e. The number of ether oxygens (including phenoxy) is 1. The van der Waals surface area contributed by atoms with Gasteiger partial charge >= 0.3 is 7.60 Å². The van der Waals surface area contributed by atoms with Crippen LogP contribution in [0.1, 0.15) is 44.9 Å². The van der Waals surface area contributed by atoms with Crippen LogP contribution in [-0.2, 0) is 18.9 Å². The molecule has 218 valence electrons. The number of carbonyl (C=O) groups is 2. The van der Waals surface area contributed by atoms with Gasteiger partial charge in [-0.1, -0.05) is 5.11 Å². The van der Waals surface area contributed by atoms with E-state index in [-0.39, 0.29) is 18.4 Å². The predicted molar refractivity (Wildman–Crippen MR) is 143 cm³/mol. The summed E-state index contributed by atoms with van der Waals surface area (Å²) in [5, 5.41) is 6.30. The zero-order valence-corrected chi connectivity index (χ0v) is 23.3. The highest BCUT2D eigenvalue weighted by atomic mass is 31.2. The number of carbonyl (C=O) groups excluding carboxylic acids is 2. The molecule has 2 aliphatic heterocycles. The Hall–Kier alpha value is -1.76. The van der Waals surface area contributed by atoms with E-state index in [1.165, 1.54) is 0 Å². The SMILES string of the molecule is [N-]=[N+]=NCCCC(=O)NCCCCC(OC=O)N1CCCN2CCN(CCCN(CP(=O)(O)O)CC2)CC1. The zero-order valence-electron chi connectivity index (χ0n) is 22.4. The van der Waals surface area contributed by atoms with Crippen molar-refractivity contribution in [3.63, 3.8) is 0 Å². The lowest BCUT2D eigenvalue weighted by Gasteiger charge is -2.37. The summed E-state index contributed by atoms with van der Waals surface area (Å²) in [6.45, 7) is 9.41. The monoisotopic (exact) mass is 560 g/mol. The van der Waals surface area contributed by atoms with Crippen molar-refractivity contribution in [1.29, 1.82) is 0 Å². The number of rotatable bonds is 14. The number of hydrogen-bond donors (Lipinski definition) is 3. The lowest BCUT2D eigenvalue weighted by atomic mass is 10.1.